The molecule has 5 fully saturated rings. The summed E-state index contributed by atoms with van der Waals surface area (Å²) in [4.78, 5) is 15.0. The molecule has 128 valence electrons. The summed E-state index contributed by atoms with van der Waals surface area (Å²) in [6.07, 6.45) is 5.09. The number of hydrogen-bond acceptors (Lipinski definition) is 2. The van der Waals surface area contributed by atoms with Crippen LogP contribution in [-0.4, -0.2) is 34.2 Å². The van der Waals surface area contributed by atoms with E-state index in [1.807, 2.05) is 6.07 Å². The molecule has 4 saturated carbocycles. The molecule has 3 atom stereocenters. The van der Waals surface area contributed by atoms with Crippen LogP contribution < -0.4 is 5.32 Å². The lowest BCUT2D eigenvalue weighted by Crippen LogP contribution is -2.64. The molecule has 2 N–H and O–H groups in total. The molecule has 5 aliphatic rings. The van der Waals surface area contributed by atoms with Gasteiger partial charge in [0, 0.05) is 12.6 Å². The molecule has 0 spiro atoms. The first-order valence-electron chi connectivity index (χ1n) is 9.34. The van der Waals surface area contributed by atoms with Gasteiger partial charge in [0.15, 0.2) is 0 Å². The lowest BCUT2D eigenvalue weighted by atomic mass is 9.51. The first-order valence-corrected chi connectivity index (χ1v) is 9.34. The van der Waals surface area contributed by atoms with Gasteiger partial charge in [-0.3, -0.25) is 0 Å². The number of hydrogen-bond donors (Lipinski definition) is 2. The molecule has 1 heterocycles. The number of nitrogens with zero attached hydrogens (tertiary/aromatic N) is 1. The fourth-order valence-electron chi connectivity index (χ4n) is 6.52. The summed E-state index contributed by atoms with van der Waals surface area (Å²) in [5.74, 6) is 1.57. The van der Waals surface area contributed by atoms with Crippen LogP contribution in [0.15, 0.2) is 30.3 Å². The molecule has 1 aromatic rings. The van der Waals surface area contributed by atoms with Crippen molar-refractivity contribution in [2.75, 3.05) is 6.54 Å². The van der Waals surface area contributed by atoms with E-state index in [-0.39, 0.29) is 17.6 Å². The Kier molecular flexibility index (Phi) is 2.92. The van der Waals surface area contributed by atoms with Crippen LogP contribution in [0, 0.1) is 17.8 Å². The minimum absolute atomic E-state index is 0.0748. The molecule has 1 aromatic carbocycles. The number of urea groups is 1. The normalized spacial score (nSPS) is 46.4. The Morgan fingerprint density at radius 1 is 1.12 bits per heavy atom. The van der Waals surface area contributed by atoms with Crippen molar-refractivity contribution in [3.63, 3.8) is 0 Å². The minimum atomic E-state index is -0.452. The minimum Gasteiger partial charge on any atom is -0.390 e. The topological polar surface area (TPSA) is 52.6 Å². The molecule has 1 aliphatic heterocycles. The summed E-state index contributed by atoms with van der Waals surface area (Å²) in [6, 6.07) is 10.8. The molecule has 0 aromatic heterocycles. The van der Waals surface area contributed by atoms with Crippen molar-refractivity contribution >= 4 is 6.03 Å². The van der Waals surface area contributed by atoms with Crippen LogP contribution in [0.25, 0.3) is 0 Å². The van der Waals surface area contributed by atoms with Crippen molar-refractivity contribution in [1.82, 2.24) is 10.2 Å². The zero-order valence-corrected chi connectivity index (χ0v) is 14.2. The zero-order chi connectivity index (χ0) is 16.5. The van der Waals surface area contributed by atoms with Gasteiger partial charge in [-0.05, 0) is 62.3 Å². The zero-order valence-electron chi connectivity index (χ0n) is 14.2. The first-order chi connectivity index (χ1) is 11.5. The Balaban J connectivity index is 1.54. The monoisotopic (exact) mass is 326 g/mol. The summed E-state index contributed by atoms with van der Waals surface area (Å²) >= 11 is 0. The fourth-order valence-corrected chi connectivity index (χ4v) is 6.52. The van der Waals surface area contributed by atoms with Crippen LogP contribution >= 0.6 is 0 Å². The SMILES string of the molecule is CC1(c2ccccc2)CNC(=O)N1C1C2CC3CC1CC(O)(C3)C2. The van der Waals surface area contributed by atoms with Gasteiger partial charge in [-0.25, -0.2) is 4.79 Å². The van der Waals surface area contributed by atoms with E-state index < -0.39 is 5.60 Å². The lowest BCUT2D eigenvalue weighted by molar-refractivity contribution is -0.160. The van der Waals surface area contributed by atoms with Gasteiger partial charge >= 0.3 is 6.03 Å². The van der Waals surface area contributed by atoms with E-state index in [1.165, 1.54) is 18.4 Å². The van der Waals surface area contributed by atoms with Crippen molar-refractivity contribution in [2.24, 2.45) is 17.8 Å². The molecule has 4 heteroatoms. The average molecular weight is 326 g/mol. The third-order valence-electron chi connectivity index (χ3n) is 7.22. The molecule has 1 saturated heterocycles. The van der Waals surface area contributed by atoms with Crippen LogP contribution in [-0.2, 0) is 5.54 Å². The van der Waals surface area contributed by atoms with E-state index in [9.17, 15) is 9.90 Å². The third-order valence-corrected chi connectivity index (χ3v) is 7.22. The highest BCUT2D eigenvalue weighted by Crippen LogP contribution is 2.58. The summed E-state index contributed by atoms with van der Waals surface area (Å²) in [6.45, 7) is 2.86. The molecular formula is C20H26N2O2. The van der Waals surface area contributed by atoms with Crippen LogP contribution in [0.3, 0.4) is 0 Å². The Morgan fingerprint density at radius 3 is 2.42 bits per heavy atom. The van der Waals surface area contributed by atoms with Gasteiger partial charge in [-0.15, -0.1) is 0 Å². The second-order valence-electron chi connectivity index (χ2n) is 8.85. The third kappa shape index (κ3) is 1.92. The Bertz CT molecular complexity index is 659. The van der Waals surface area contributed by atoms with Gasteiger partial charge in [0.1, 0.15) is 0 Å². The highest BCUT2D eigenvalue weighted by atomic mass is 16.3. The molecule has 3 unspecified atom stereocenters. The highest BCUT2D eigenvalue weighted by molar-refractivity contribution is 5.79. The number of aliphatic hydroxyl groups is 1. The van der Waals surface area contributed by atoms with E-state index in [4.69, 9.17) is 0 Å². The maximum Gasteiger partial charge on any atom is 0.318 e. The molecule has 4 aliphatic carbocycles. The molecule has 4 nitrogen and oxygen atoms in total. The standard InChI is InChI=1S/C20H26N2O2/c1-19(16-5-3-2-4-6-16)12-21-18(23)22(19)17-14-7-13-8-15(17)11-20(24,9-13)10-14/h2-6,13-15,17,24H,7-12H2,1H3,(H,21,23). The number of nitrogens with one attached hydrogen (secondary N) is 1. The van der Waals surface area contributed by atoms with Crippen molar-refractivity contribution in [2.45, 2.75) is 56.2 Å². The second-order valence-corrected chi connectivity index (χ2v) is 8.85. The molecule has 24 heavy (non-hydrogen) atoms. The molecule has 6 rings (SSSR count). The van der Waals surface area contributed by atoms with Crippen LogP contribution in [0.5, 0.6) is 0 Å². The Labute approximate surface area is 143 Å². The maximum absolute atomic E-state index is 12.8. The predicted molar refractivity (Wildman–Crippen MR) is 91.3 cm³/mol. The Hall–Kier alpha value is -1.55. The van der Waals surface area contributed by atoms with Crippen molar-refractivity contribution in [3.8, 4) is 0 Å². The summed E-state index contributed by atoms with van der Waals surface area (Å²) < 4.78 is 0. The predicted octanol–water partition coefficient (Wildman–Crippen LogP) is 2.87. The van der Waals surface area contributed by atoms with Crippen LogP contribution in [0.2, 0.25) is 0 Å². The number of carbonyl (C=O) groups excluding carboxylic acids is 1. The van der Waals surface area contributed by atoms with E-state index in [0.717, 1.165) is 19.3 Å². The van der Waals surface area contributed by atoms with Gasteiger partial charge in [0.25, 0.3) is 0 Å². The van der Waals surface area contributed by atoms with E-state index in [0.29, 0.717) is 24.3 Å². The number of rotatable bonds is 2. The fraction of sp³-hybridized carbons (Fsp3) is 0.650. The summed E-state index contributed by atoms with van der Waals surface area (Å²) in [5, 5.41) is 14.0. The van der Waals surface area contributed by atoms with Crippen LogP contribution in [0.1, 0.15) is 44.6 Å². The van der Waals surface area contributed by atoms with Gasteiger partial charge in [0.05, 0.1) is 11.1 Å². The lowest BCUT2D eigenvalue weighted by Gasteiger charge is -2.61. The second kappa shape index (κ2) is 4.75. The number of benzene rings is 1. The average Bonchev–Trinajstić information content (AvgIpc) is 2.84. The largest absolute Gasteiger partial charge is 0.390 e. The van der Waals surface area contributed by atoms with Gasteiger partial charge in [-0.2, -0.15) is 0 Å². The maximum atomic E-state index is 12.8. The summed E-state index contributed by atoms with van der Waals surface area (Å²) in [5.41, 5.74) is 0.462. The Morgan fingerprint density at radius 2 is 1.79 bits per heavy atom. The van der Waals surface area contributed by atoms with Crippen molar-refractivity contribution in [3.05, 3.63) is 35.9 Å². The molecule has 0 radical (unpaired) electrons. The number of carbonyl (C=O) groups is 1. The van der Waals surface area contributed by atoms with Crippen molar-refractivity contribution < 1.29 is 9.90 Å². The van der Waals surface area contributed by atoms with Gasteiger partial charge in [-0.1, -0.05) is 30.3 Å². The molecule has 4 bridgehead atoms. The van der Waals surface area contributed by atoms with Gasteiger partial charge in [0.2, 0.25) is 0 Å². The van der Waals surface area contributed by atoms with Gasteiger partial charge < -0.3 is 15.3 Å². The highest BCUT2D eigenvalue weighted by Gasteiger charge is 2.60. The molecular weight excluding hydrogens is 300 g/mol. The smallest absolute Gasteiger partial charge is 0.318 e. The summed E-state index contributed by atoms with van der Waals surface area (Å²) in [7, 11) is 0. The van der Waals surface area contributed by atoms with Crippen molar-refractivity contribution in [1.29, 1.82) is 0 Å². The first kappa shape index (κ1) is 14.8. The molecule has 2 amide bonds. The van der Waals surface area contributed by atoms with E-state index in [1.54, 1.807) is 0 Å². The number of amides is 2. The quantitative estimate of drug-likeness (QED) is 0.878. The van der Waals surface area contributed by atoms with Crippen LogP contribution in [0.4, 0.5) is 4.79 Å². The van der Waals surface area contributed by atoms with E-state index >= 15 is 0 Å². The van der Waals surface area contributed by atoms with E-state index in [2.05, 4.69) is 41.4 Å².